The van der Waals surface area contributed by atoms with Crippen LogP contribution in [-0.2, 0) is 4.79 Å². The van der Waals surface area contributed by atoms with Crippen LogP contribution in [0.3, 0.4) is 0 Å². The van der Waals surface area contributed by atoms with Crippen LogP contribution in [0, 0.1) is 0 Å². The molecule has 1 amide bonds. The van der Waals surface area contributed by atoms with Crippen LogP contribution >= 0.6 is 12.4 Å². The highest BCUT2D eigenvalue weighted by atomic mass is 35.5. The third kappa shape index (κ3) is 5.47. The first-order chi connectivity index (χ1) is 12.9. The predicted molar refractivity (Wildman–Crippen MR) is 95.2 cm³/mol. The van der Waals surface area contributed by atoms with Crippen LogP contribution in [0.15, 0.2) is 36.4 Å². The molecule has 3 nitrogen and oxygen atoms in total. The lowest BCUT2D eigenvalue weighted by Crippen LogP contribution is -2.53. The molecule has 1 atom stereocenters. The zero-order valence-electron chi connectivity index (χ0n) is 19.7. The zero-order valence-corrected chi connectivity index (χ0v) is 13.5. The van der Waals surface area contributed by atoms with Crippen LogP contribution in [0.1, 0.15) is 41.7 Å². The standard InChI is InChI=1S/C18H26N2O.ClH/c1-3-8-18(21)20-14-13-19(15-16(20)2)12-7-11-17-9-5-4-6-10-17;/h4-7,9-11,16H,3,8,12-15H2,1-2H3;1H/b11-7+;/i1D3,3D2,8D2;. The molecule has 1 aromatic rings. The van der Waals surface area contributed by atoms with Gasteiger partial charge in [0, 0.05) is 48.2 Å². The van der Waals surface area contributed by atoms with E-state index < -0.39 is 25.5 Å². The zero-order chi connectivity index (χ0) is 21.2. The van der Waals surface area contributed by atoms with Crippen molar-refractivity contribution < 1.29 is 14.4 Å². The highest BCUT2D eigenvalue weighted by Gasteiger charge is 2.25. The third-order valence-electron chi connectivity index (χ3n) is 3.62. The highest BCUT2D eigenvalue weighted by Crippen LogP contribution is 2.12. The van der Waals surface area contributed by atoms with Crippen molar-refractivity contribution in [3.8, 4) is 0 Å². The van der Waals surface area contributed by atoms with Gasteiger partial charge >= 0.3 is 0 Å². The maximum absolute atomic E-state index is 12.7. The lowest BCUT2D eigenvalue weighted by atomic mass is 10.1. The van der Waals surface area contributed by atoms with Gasteiger partial charge in [-0.1, -0.05) is 49.3 Å². The van der Waals surface area contributed by atoms with Crippen molar-refractivity contribution in [2.75, 3.05) is 26.2 Å². The first kappa shape index (κ1) is 10.5. The number of benzene rings is 1. The first-order valence-corrected chi connectivity index (χ1v) is 7.13. The molecule has 4 heteroatoms. The molecular formula is C18H27ClN2O. The summed E-state index contributed by atoms with van der Waals surface area (Å²) in [5.41, 5.74) is 1.09. The maximum atomic E-state index is 12.7. The third-order valence-corrected chi connectivity index (χ3v) is 3.62. The summed E-state index contributed by atoms with van der Waals surface area (Å²) in [6.45, 7) is 0.408. The molecule has 2 rings (SSSR count). The van der Waals surface area contributed by atoms with Crippen molar-refractivity contribution in [2.45, 2.75) is 32.6 Å². The number of nitrogens with zero attached hydrogens (tertiary/aromatic N) is 2. The summed E-state index contributed by atoms with van der Waals surface area (Å²) in [4.78, 5) is 16.0. The molecule has 1 saturated heterocycles. The number of rotatable bonds is 5. The van der Waals surface area contributed by atoms with Crippen LogP contribution in [0.4, 0.5) is 0 Å². The SMILES string of the molecule is Cl.[2H]C([2H])([2H])C([2H])([2H])C([2H])([2H])C(=O)N1CCN(C/C=C/c2ccccc2)CC1C. The largest absolute Gasteiger partial charge is 0.337 e. The quantitative estimate of drug-likeness (QED) is 0.826. The first-order valence-electron chi connectivity index (χ1n) is 10.6. The molecule has 1 fully saturated rings. The Bertz CT molecular complexity index is 710. The number of carbonyl (C=O) groups excluding carboxylic acids is 1. The van der Waals surface area contributed by atoms with Crippen molar-refractivity contribution in [3.05, 3.63) is 42.0 Å². The Morgan fingerprint density at radius 1 is 1.41 bits per heavy atom. The molecule has 0 bridgehead atoms. The second-order valence-corrected chi connectivity index (χ2v) is 5.17. The van der Waals surface area contributed by atoms with E-state index in [1.165, 1.54) is 4.90 Å². The number of halogens is 1. The Hall–Kier alpha value is -1.32. The minimum Gasteiger partial charge on any atom is -0.337 e. The van der Waals surface area contributed by atoms with Crippen LogP contribution in [0.2, 0.25) is 0 Å². The van der Waals surface area contributed by atoms with E-state index in [0.29, 0.717) is 19.6 Å². The summed E-state index contributed by atoms with van der Waals surface area (Å²) in [6.07, 6.45) is -2.38. The number of carbonyl (C=O) groups is 1. The maximum Gasteiger partial charge on any atom is 0.222 e. The van der Waals surface area contributed by atoms with Gasteiger partial charge in [-0.05, 0) is 18.9 Å². The minimum atomic E-state index is -3.27. The average Bonchev–Trinajstić information content (AvgIpc) is 2.61. The Morgan fingerprint density at radius 2 is 2.18 bits per heavy atom. The molecule has 1 heterocycles. The molecule has 1 aliphatic rings. The fourth-order valence-electron chi connectivity index (χ4n) is 2.53. The number of hydrogen-bond donors (Lipinski definition) is 0. The van der Waals surface area contributed by atoms with Crippen LogP contribution < -0.4 is 0 Å². The Morgan fingerprint density at radius 3 is 2.86 bits per heavy atom. The number of piperazine rings is 1. The Balaban J connectivity index is 0.00000420. The molecule has 0 radical (unpaired) electrons. The van der Waals surface area contributed by atoms with E-state index in [-0.39, 0.29) is 25.0 Å². The summed E-state index contributed by atoms with van der Waals surface area (Å²) in [6, 6.07) is 9.50. The van der Waals surface area contributed by atoms with E-state index in [1.807, 2.05) is 42.5 Å². The smallest absolute Gasteiger partial charge is 0.222 e. The highest BCUT2D eigenvalue weighted by molar-refractivity contribution is 5.85. The second kappa shape index (κ2) is 9.65. The Kier molecular flexibility index (Phi) is 4.58. The van der Waals surface area contributed by atoms with Gasteiger partial charge in [-0.25, -0.2) is 0 Å². The molecule has 1 unspecified atom stereocenters. The summed E-state index contributed by atoms with van der Waals surface area (Å²) >= 11 is 0. The number of hydrogen-bond acceptors (Lipinski definition) is 2. The molecule has 1 aromatic carbocycles. The van der Waals surface area contributed by atoms with Gasteiger partial charge in [0.1, 0.15) is 0 Å². The van der Waals surface area contributed by atoms with Crippen molar-refractivity contribution in [2.24, 2.45) is 0 Å². The van der Waals surface area contributed by atoms with E-state index in [4.69, 9.17) is 9.60 Å². The van der Waals surface area contributed by atoms with Gasteiger partial charge in [-0.2, -0.15) is 0 Å². The summed E-state index contributed by atoms with van der Waals surface area (Å²) < 4.78 is 52.9. The monoisotopic (exact) mass is 329 g/mol. The van der Waals surface area contributed by atoms with Gasteiger partial charge in [-0.3, -0.25) is 9.69 Å². The van der Waals surface area contributed by atoms with Crippen LogP contribution in [-0.4, -0.2) is 47.9 Å². The van der Waals surface area contributed by atoms with Gasteiger partial charge in [0.2, 0.25) is 5.91 Å². The Labute approximate surface area is 150 Å². The molecule has 0 aliphatic carbocycles. The van der Waals surface area contributed by atoms with E-state index in [0.717, 1.165) is 5.56 Å². The van der Waals surface area contributed by atoms with Gasteiger partial charge in [-0.15, -0.1) is 12.4 Å². The molecule has 0 saturated carbocycles. The predicted octanol–water partition coefficient (Wildman–Crippen LogP) is 3.45. The summed E-state index contributed by atoms with van der Waals surface area (Å²) in [5.74, 6) is -1.11. The van der Waals surface area contributed by atoms with E-state index in [9.17, 15) is 4.79 Å². The molecule has 0 N–H and O–H groups in total. The van der Waals surface area contributed by atoms with Gasteiger partial charge < -0.3 is 4.90 Å². The van der Waals surface area contributed by atoms with Crippen molar-refractivity contribution in [1.82, 2.24) is 9.80 Å². The lowest BCUT2D eigenvalue weighted by Gasteiger charge is -2.39. The fraction of sp³-hybridized carbons (Fsp3) is 0.500. The van der Waals surface area contributed by atoms with E-state index >= 15 is 0 Å². The van der Waals surface area contributed by atoms with Crippen molar-refractivity contribution >= 4 is 24.4 Å². The second-order valence-electron chi connectivity index (χ2n) is 5.17. The minimum absolute atomic E-state index is 0. The van der Waals surface area contributed by atoms with Gasteiger partial charge in [0.25, 0.3) is 0 Å². The molecular weight excluding hydrogens is 296 g/mol. The molecule has 0 aromatic heterocycles. The summed E-state index contributed by atoms with van der Waals surface area (Å²) in [5, 5.41) is 0. The average molecular weight is 330 g/mol. The fourth-order valence-corrected chi connectivity index (χ4v) is 2.53. The normalized spacial score (nSPS) is 25.8. The lowest BCUT2D eigenvalue weighted by molar-refractivity contribution is -0.135. The van der Waals surface area contributed by atoms with Crippen LogP contribution in [0.5, 0.6) is 0 Å². The number of amides is 1. The van der Waals surface area contributed by atoms with Crippen molar-refractivity contribution in [3.63, 3.8) is 0 Å². The van der Waals surface area contributed by atoms with Gasteiger partial charge in [0.05, 0.1) is 0 Å². The van der Waals surface area contributed by atoms with E-state index in [1.54, 1.807) is 6.92 Å². The van der Waals surface area contributed by atoms with Crippen molar-refractivity contribution in [1.29, 1.82) is 0 Å². The topological polar surface area (TPSA) is 23.6 Å². The van der Waals surface area contributed by atoms with E-state index in [2.05, 4.69) is 4.90 Å². The van der Waals surface area contributed by atoms with Crippen LogP contribution in [0.25, 0.3) is 6.08 Å². The van der Waals surface area contributed by atoms with Gasteiger partial charge in [0.15, 0.2) is 0 Å². The summed E-state index contributed by atoms with van der Waals surface area (Å²) in [7, 11) is 0. The molecule has 1 aliphatic heterocycles. The molecule has 22 heavy (non-hydrogen) atoms. The molecule has 0 spiro atoms. The molecule has 122 valence electrons.